The summed E-state index contributed by atoms with van der Waals surface area (Å²) in [5, 5.41) is 20.7. The highest BCUT2D eigenvalue weighted by Crippen LogP contribution is 2.31. The molecule has 0 spiro atoms. The van der Waals surface area contributed by atoms with E-state index in [0.29, 0.717) is 49.3 Å². The maximum absolute atomic E-state index is 13.8. The lowest BCUT2D eigenvalue weighted by atomic mass is 9.90. The fourth-order valence-electron chi connectivity index (χ4n) is 6.94. The first-order valence-corrected chi connectivity index (χ1v) is 16.9. The highest BCUT2D eigenvalue weighted by atomic mass is 16.2. The summed E-state index contributed by atoms with van der Waals surface area (Å²) in [5.41, 5.74) is 3.34. The van der Waals surface area contributed by atoms with E-state index in [-0.39, 0.29) is 30.1 Å². The van der Waals surface area contributed by atoms with Crippen LogP contribution in [-0.4, -0.2) is 79.3 Å². The Morgan fingerprint density at radius 3 is 2.43 bits per heavy atom. The van der Waals surface area contributed by atoms with E-state index in [1.165, 1.54) is 0 Å². The molecule has 4 heterocycles. The molecule has 1 saturated carbocycles. The first-order valence-electron chi connectivity index (χ1n) is 16.9. The van der Waals surface area contributed by atoms with Crippen LogP contribution >= 0.6 is 0 Å². The number of amides is 3. The molecule has 1 saturated heterocycles. The van der Waals surface area contributed by atoms with Crippen LogP contribution in [-0.2, 0) is 18.4 Å². The summed E-state index contributed by atoms with van der Waals surface area (Å²) >= 11 is 0. The van der Waals surface area contributed by atoms with Crippen LogP contribution in [0.3, 0.4) is 0 Å². The van der Waals surface area contributed by atoms with Crippen molar-refractivity contribution in [2.24, 2.45) is 7.05 Å². The zero-order valence-corrected chi connectivity index (χ0v) is 28.3. The molecule has 1 unspecified atom stereocenters. The SMILES string of the molecule is CCN(C(C)=O)C1CCN(c2nc(NC3CCC(N(C(=O)NCc4ccccc4)c4ccc(-c5cnn(C)c5)cn4)CC3)ncc2C#N)C1. The number of carbonyl (C=O) groups excluding carboxylic acids is 2. The molecular formula is C36H43N11O2. The molecule has 4 aromatic rings. The zero-order valence-electron chi connectivity index (χ0n) is 28.3. The van der Waals surface area contributed by atoms with Crippen LogP contribution in [0.4, 0.5) is 22.4 Å². The maximum atomic E-state index is 13.8. The average molecular weight is 662 g/mol. The van der Waals surface area contributed by atoms with Gasteiger partial charge < -0.3 is 20.4 Å². The van der Waals surface area contributed by atoms with Crippen molar-refractivity contribution in [1.29, 1.82) is 5.26 Å². The number of nitrogens with zero attached hydrogens (tertiary/aromatic N) is 9. The normalized spacial score (nSPS) is 18.8. The van der Waals surface area contributed by atoms with Crippen molar-refractivity contribution < 1.29 is 9.59 Å². The Morgan fingerprint density at radius 2 is 1.78 bits per heavy atom. The number of nitrogens with one attached hydrogen (secondary N) is 2. The number of hydrogen-bond donors (Lipinski definition) is 2. The molecule has 254 valence electrons. The maximum Gasteiger partial charge on any atom is 0.323 e. The van der Waals surface area contributed by atoms with Crippen molar-refractivity contribution in [3.05, 3.63) is 78.4 Å². The summed E-state index contributed by atoms with van der Waals surface area (Å²) in [4.78, 5) is 45.6. The molecule has 1 aliphatic heterocycles. The highest BCUT2D eigenvalue weighted by molar-refractivity contribution is 5.91. The Bertz CT molecular complexity index is 1780. The van der Waals surface area contributed by atoms with Crippen LogP contribution < -0.4 is 20.4 Å². The van der Waals surface area contributed by atoms with Gasteiger partial charge in [0, 0.05) is 75.8 Å². The quantitative estimate of drug-likeness (QED) is 0.246. The second-order valence-corrected chi connectivity index (χ2v) is 12.7. The molecule has 1 aromatic carbocycles. The van der Waals surface area contributed by atoms with Gasteiger partial charge in [0.05, 0.1) is 18.4 Å². The fourth-order valence-corrected chi connectivity index (χ4v) is 6.94. The van der Waals surface area contributed by atoms with E-state index < -0.39 is 0 Å². The van der Waals surface area contributed by atoms with Gasteiger partial charge in [0.1, 0.15) is 17.5 Å². The minimum absolute atomic E-state index is 0.0488. The summed E-state index contributed by atoms with van der Waals surface area (Å²) in [5.74, 6) is 1.73. The average Bonchev–Trinajstić information content (AvgIpc) is 3.79. The Balaban J connectivity index is 1.13. The van der Waals surface area contributed by atoms with Gasteiger partial charge in [-0.2, -0.15) is 15.3 Å². The number of rotatable bonds is 10. The number of likely N-dealkylation sites (N-methyl/N-ethyl adjacent to an activating group) is 1. The summed E-state index contributed by atoms with van der Waals surface area (Å²) in [6, 6.07) is 15.9. The van der Waals surface area contributed by atoms with E-state index in [1.807, 2.05) is 67.5 Å². The standard InChI is InChI=1S/C36H43N11O2/c1-4-46(25(2)48)32-16-17-45(24-32)34-28(18-37)21-39-35(43-34)42-30-11-13-31(14-12-30)47(36(49)40-19-26-8-6-5-7-9-26)33-15-10-27(20-38-33)29-22-41-44(3)23-29/h5-10,15,20-23,30-32H,4,11-14,16-17,19,24H2,1-3H3,(H,40,49)(H,39,42,43). The third-order valence-corrected chi connectivity index (χ3v) is 9.47. The van der Waals surface area contributed by atoms with Gasteiger partial charge in [0.25, 0.3) is 0 Å². The third kappa shape index (κ3) is 7.80. The molecule has 0 radical (unpaired) electrons. The number of benzene rings is 1. The minimum atomic E-state index is -0.183. The van der Waals surface area contributed by atoms with E-state index in [2.05, 4.69) is 31.7 Å². The first-order chi connectivity index (χ1) is 23.8. The number of urea groups is 1. The molecule has 13 heteroatoms. The molecule has 49 heavy (non-hydrogen) atoms. The smallest absolute Gasteiger partial charge is 0.323 e. The van der Waals surface area contributed by atoms with Crippen molar-refractivity contribution >= 4 is 29.5 Å². The lowest BCUT2D eigenvalue weighted by Crippen LogP contribution is -2.49. The van der Waals surface area contributed by atoms with Crippen molar-refractivity contribution in [3.8, 4) is 17.2 Å². The summed E-state index contributed by atoms with van der Waals surface area (Å²) in [6.07, 6.45) is 11.1. The van der Waals surface area contributed by atoms with Crippen LogP contribution in [0.1, 0.15) is 57.1 Å². The number of aryl methyl sites for hydroxylation is 1. The van der Waals surface area contributed by atoms with Gasteiger partial charge in [0.2, 0.25) is 11.9 Å². The van der Waals surface area contributed by atoms with Crippen molar-refractivity contribution in [2.75, 3.05) is 34.8 Å². The third-order valence-electron chi connectivity index (χ3n) is 9.47. The molecule has 1 aliphatic carbocycles. The van der Waals surface area contributed by atoms with Gasteiger partial charge in [-0.25, -0.2) is 14.8 Å². The fraction of sp³-hybridized carbons (Fsp3) is 0.417. The highest BCUT2D eigenvalue weighted by Gasteiger charge is 2.33. The molecule has 0 bridgehead atoms. The molecule has 2 aliphatic rings. The van der Waals surface area contributed by atoms with Gasteiger partial charge in [-0.3, -0.25) is 14.4 Å². The molecule has 6 rings (SSSR count). The molecule has 2 fully saturated rings. The van der Waals surface area contributed by atoms with Gasteiger partial charge in [-0.1, -0.05) is 30.3 Å². The van der Waals surface area contributed by atoms with Crippen LogP contribution in [0.2, 0.25) is 0 Å². The predicted octanol–water partition coefficient (Wildman–Crippen LogP) is 4.73. The predicted molar refractivity (Wildman–Crippen MR) is 188 cm³/mol. The number of anilines is 3. The molecule has 13 nitrogen and oxygen atoms in total. The van der Waals surface area contributed by atoms with Crippen molar-refractivity contribution in [3.63, 3.8) is 0 Å². The van der Waals surface area contributed by atoms with Crippen molar-refractivity contribution in [1.82, 2.24) is 34.9 Å². The number of hydrogen-bond acceptors (Lipinski definition) is 9. The van der Waals surface area contributed by atoms with Gasteiger partial charge in [-0.15, -0.1) is 0 Å². The largest absolute Gasteiger partial charge is 0.353 e. The van der Waals surface area contributed by atoms with Gasteiger partial charge in [0.15, 0.2) is 5.82 Å². The van der Waals surface area contributed by atoms with Gasteiger partial charge in [-0.05, 0) is 56.7 Å². The summed E-state index contributed by atoms with van der Waals surface area (Å²) in [7, 11) is 1.88. The Morgan fingerprint density at radius 1 is 0.980 bits per heavy atom. The Labute approximate surface area is 287 Å². The lowest BCUT2D eigenvalue weighted by Gasteiger charge is -2.36. The van der Waals surface area contributed by atoms with E-state index in [1.54, 1.807) is 35.1 Å². The van der Waals surface area contributed by atoms with Crippen LogP contribution in [0.15, 0.2) is 67.3 Å². The van der Waals surface area contributed by atoms with E-state index in [9.17, 15) is 14.9 Å². The first kappa shape index (κ1) is 33.4. The summed E-state index contributed by atoms with van der Waals surface area (Å²) in [6.45, 7) is 5.99. The number of carbonyl (C=O) groups is 2. The van der Waals surface area contributed by atoms with Crippen LogP contribution in [0.25, 0.3) is 11.1 Å². The second kappa shape index (κ2) is 15.1. The Hall–Kier alpha value is -5.51. The molecular weight excluding hydrogens is 618 g/mol. The molecule has 3 amide bonds. The number of nitriles is 1. The monoisotopic (exact) mass is 661 g/mol. The minimum Gasteiger partial charge on any atom is -0.353 e. The zero-order chi connectivity index (χ0) is 34.3. The van der Waals surface area contributed by atoms with Crippen LogP contribution in [0.5, 0.6) is 0 Å². The van der Waals surface area contributed by atoms with E-state index >= 15 is 0 Å². The topological polar surface area (TPSA) is 148 Å². The van der Waals surface area contributed by atoms with E-state index in [0.717, 1.165) is 48.8 Å². The second-order valence-electron chi connectivity index (χ2n) is 12.7. The molecule has 3 aromatic heterocycles. The van der Waals surface area contributed by atoms with E-state index in [4.69, 9.17) is 9.97 Å². The Kier molecular flexibility index (Phi) is 10.3. The molecule has 2 N–H and O–H groups in total. The lowest BCUT2D eigenvalue weighted by molar-refractivity contribution is -0.130. The summed E-state index contributed by atoms with van der Waals surface area (Å²) < 4.78 is 1.75. The molecule has 1 atom stereocenters. The number of aromatic nitrogens is 5. The van der Waals surface area contributed by atoms with Crippen LogP contribution in [0, 0.1) is 11.3 Å². The van der Waals surface area contributed by atoms with Crippen molar-refractivity contribution in [2.45, 2.75) is 70.6 Å². The van der Waals surface area contributed by atoms with Gasteiger partial charge >= 0.3 is 6.03 Å². The number of pyridine rings is 1.